The second-order valence-corrected chi connectivity index (χ2v) is 6.08. The monoisotopic (exact) mass is 421 g/mol. The lowest BCUT2D eigenvalue weighted by atomic mass is 10.2. The zero-order valence-corrected chi connectivity index (χ0v) is 14.7. The molecular weight excluding hydrogens is 410 g/mol. The third-order valence-electron chi connectivity index (χ3n) is 3.47. The third-order valence-corrected chi connectivity index (χ3v) is 4.07. The van der Waals surface area contributed by atoms with Crippen LogP contribution >= 0.6 is 15.9 Å². The molecule has 10 heteroatoms. The molecule has 1 amide bonds. The predicted octanol–water partition coefficient (Wildman–Crippen LogP) is 2.35. The van der Waals surface area contributed by atoms with Crippen molar-refractivity contribution in [2.75, 3.05) is 6.61 Å². The van der Waals surface area contributed by atoms with Crippen LogP contribution in [-0.4, -0.2) is 34.9 Å². The van der Waals surface area contributed by atoms with Crippen LogP contribution in [-0.2, 0) is 4.79 Å². The summed E-state index contributed by atoms with van der Waals surface area (Å²) in [5, 5.41) is 24.5. The molecule has 0 bridgehead atoms. The van der Waals surface area contributed by atoms with Crippen LogP contribution in [0.5, 0.6) is 17.2 Å². The van der Waals surface area contributed by atoms with Gasteiger partial charge in [0.15, 0.2) is 11.5 Å². The van der Waals surface area contributed by atoms with Crippen molar-refractivity contribution in [2.24, 2.45) is 5.10 Å². The van der Waals surface area contributed by atoms with E-state index >= 15 is 0 Å². The minimum absolute atomic E-state index is 0.0198. The summed E-state index contributed by atoms with van der Waals surface area (Å²) in [6, 6.07) is 9.24. The second kappa shape index (κ2) is 7.40. The molecule has 1 aliphatic heterocycles. The van der Waals surface area contributed by atoms with Crippen LogP contribution in [0.4, 0.5) is 5.69 Å². The molecule has 1 unspecified atom stereocenters. The highest BCUT2D eigenvalue weighted by Crippen LogP contribution is 2.32. The van der Waals surface area contributed by atoms with Gasteiger partial charge in [-0.25, -0.2) is 5.43 Å². The third kappa shape index (κ3) is 3.75. The summed E-state index contributed by atoms with van der Waals surface area (Å²) in [5.41, 5.74) is 2.09. The van der Waals surface area contributed by atoms with Crippen LogP contribution in [0.1, 0.15) is 5.56 Å². The fraction of sp³-hybridized carbons (Fsp3) is 0.125. The van der Waals surface area contributed by atoms with E-state index in [1.165, 1.54) is 0 Å². The molecule has 9 nitrogen and oxygen atoms in total. The van der Waals surface area contributed by atoms with Crippen molar-refractivity contribution in [3.63, 3.8) is 0 Å². The predicted molar refractivity (Wildman–Crippen MR) is 94.6 cm³/mol. The minimum Gasteiger partial charge on any atom is -0.506 e. The van der Waals surface area contributed by atoms with Crippen LogP contribution < -0.4 is 14.9 Å². The first-order chi connectivity index (χ1) is 12.5. The van der Waals surface area contributed by atoms with Crippen LogP contribution in [0.15, 0.2) is 46.0 Å². The lowest BCUT2D eigenvalue weighted by Crippen LogP contribution is -2.42. The number of hydrazone groups is 1. The minimum atomic E-state index is -0.896. The Morgan fingerprint density at radius 1 is 1.38 bits per heavy atom. The SMILES string of the molecule is O=C(N/N=C/c1cc([N+](=O)[O-])cc(Br)c1O)C1COc2ccccc2O1. The van der Waals surface area contributed by atoms with Gasteiger partial charge in [0.1, 0.15) is 12.4 Å². The average Bonchev–Trinajstić information content (AvgIpc) is 2.64. The maximum atomic E-state index is 12.1. The highest BCUT2D eigenvalue weighted by Gasteiger charge is 2.27. The second-order valence-electron chi connectivity index (χ2n) is 5.22. The van der Waals surface area contributed by atoms with E-state index in [0.717, 1.165) is 18.3 Å². The maximum Gasteiger partial charge on any atom is 0.284 e. The number of hydrogen-bond acceptors (Lipinski definition) is 7. The van der Waals surface area contributed by atoms with Crippen molar-refractivity contribution < 1.29 is 24.3 Å². The first-order valence-electron chi connectivity index (χ1n) is 7.34. The van der Waals surface area contributed by atoms with Crippen molar-refractivity contribution in [3.05, 3.63) is 56.5 Å². The van der Waals surface area contributed by atoms with Gasteiger partial charge in [-0.2, -0.15) is 5.10 Å². The number of rotatable bonds is 4. The van der Waals surface area contributed by atoms with E-state index in [1.807, 2.05) is 0 Å². The number of hydrogen-bond donors (Lipinski definition) is 2. The van der Waals surface area contributed by atoms with Crippen molar-refractivity contribution in [1.29, 1.82) is 0 Å². The number of carbonyl (C=O) groups excluding carboxylic acids is 1. The summed E-state index contributed by atoms with van der Waals surface area (Å²) >= 11 is 3.02. The fourth-order valence-electron chi connectivity index (χ4n) is 2.20. The highest BCUT2D eigenvalue weighted by molar-refractivity contribution is 9.10. The molecule has 0 radical (unpaired) electrons. The quantitative estimate of drug-likeness (QED) is 0.443. The van der Waals surface area contributed by atoms with E-state index < -0.39 is 16.9 Å². The van der Waals surface area contributed by atoms with Crippen LogP contribution in [0, 0.1) is 10.1 Å². The van der Waals surface area contributed by atoms with Gasteiger partial charge >= 0.3 is 0 Å². The van der Waals surface area contributed by atoms with Gasteiger partial charge < -0.3 is 14.6 Å². The molecule has 2 aromatic rings. The smallest absolute Gasteiger partial charge is 0.284 e. The number of nitro groups is 1. The van der Waals surface area contributed by atoms with Crippen molar-refractivity contribution >= 4 is 33.7 Å². The Hall–Kier alpha value is -3.14. The molecule has 0 saturated carbocycles. The Kier molecular flexibility index (Phi) is 5.03. The largest absolute Gasteiger partial charge is 0.506 e. The van der Waals surface area contributed by atoms with Crippen LogP contribution in [0.3, 0.4) is 0 Å². The van der Waals surface area contributed by atoms with E-state index in [1.54, 1.807) is 24.3 Å². The maximum absolute atomic E-state index is 12.1. The number of phenols is 1. The van der Waals surface area contributed by atoms with Gasteiger partial charge in [-0.1, -0.05) is 12.1 Å². The number of phenolic OH excluding ortho intramolecular Hbond substituents is 1. The van der Waals surface area contributed by atoms with E-state index in [4.69, 9.17) is 9.47 Å². The molecular formula is C16H12BrN3O6. The van der Waals surface area contributed by atoms with Crippen LogP contribution in [0.25, 0.3) is 0 Å². The fourth-order valence-corrected chi connectivity index (χ4v) is 2.66. The number of non-ortho nitro benzene ring substituents is 1. The number of amides is 1. The summed E-state index contributed by atoms with van der Waals surface area (Å²) in [6.07, 6.45) is 0.204. The number of halogens is 1. The van der Waals surface area contributed by atoms with Gasteiger partial charge in [-0.3, -0.25) is 14.9 Å². The van der Waals surface area contributed by atoms with Gasteiger partial charge in [0, 0.05) is 17.7 Å². The summed E-state index contributed by atoms with van der Waals surface area (Å²) in [5.74, 6) is 0.203. The number of nitrogens with one attached hydrogen (secondary N) is 1. The summed E-state index contributed by atoms with van der Waals surface area (Å²) in [6.45, 7) is 0.0198. The summed E-state index contributed by atoms with van der Waals surface area (Å²) in [7, 11) is 0. The highest BCUT2D eigenvalue weighted by atomic mass is 79.9. The molecule has 0 spiro atoms. The number of nitrogens with zero attached hydrogens (tertiary/aromatic N) is 2. The van der Waals surface area contributed by atoms with Crippen molar-refractivity contribution in [3.8, 4) is 17.2 Å². The van der Waals surface area contributed by atoms with E-state index in [0.29, 0.717) is 11.5 Å². The number of aromatic hydroxyl groups is 1. The molecule has 2 N–H and O–H groups in total. The van der Waals surface area contributed by atoms with Gasteiger partial charge in [-0.15, -0.1) is 0 Å². The lowest BCUT2D eigenvalue weighted by Gasteiger charge is -2.24. The molecule has 1 heterocycles. The summed E-state index contributed by atoms with van der Waals surface area (Å²) < 4.78 is 11.1. The molecule has 0 aliphatic carbocycles. The molecule has 0 aromatic heterocycles. The Bertz CT molecular complexity index is 902. The Morgan fingerprint density at radius 2 is 2.12 bits per heavy atom. The lowest BCUT2D eigenvalue weighted by molar-refractivity contribution is -0.385. The molecule has 2 aromatic carbocycles. The van der Waals surface area contributed by atoms with Gasteiger partial charge in [0.2, 0.25) is 6.10 Å². The number of ether oxygens (including phenoxy) is 2. The zero-order valence-electron chi connectivity index (χ0n) is 13.1. The number of benzene rings is 2. The van der Waals surface area contributed by atoms with E-state index in [2.05, 4.69) is 26.5 Å². The molecule has 1 aliphatic rings. The summed E-state index contributed by atoms with van der Waals surface area (Å²) in [4.78, 5) is 22.4. The zero-order chi connectivity index (χ0) is 18.7. The Labute approximate surface area is 155 Å². The Balaban J connectivity index is 1.68. The first kappa shape index (κ1) is 17.7. The topological polar surface area (TPSA) is 123 Å². The van der Waals surface area contributed by atoms with Gasteiger partial charge in [-0.05, 0) is 28.1 Å². The molecule has 134 valence electrons. The normalized spacial score (nSPS) is 15.7. The standard InChI is InChI=1S/C16H12BrN3O6/c17-11-6-10(20(23)24)5-9(15(11)21)7-18-19-16(22)14-8-25-12-3-1-2-4-13(12)26-14/h1-7,14,21H,8H2,(H,19,22)/b18-7+. The molecule has 0 saturated heterocycles. The van der Waals surface area contributed by atoms with Crippen LogP contribution in [0.2, 0.25) is 0 Å². The van der Waals surface area contributed by atoms with Gasteiger partial charge in [0.25, 0.3) is 11.6 Å². The van der Waals surface area contributed by atoms with E-state index in [-0.39, 0.29) is 28.1 Å². The number of para-hydroxylation sites is 2. The number of nitro benzene ring substituents is 1. The average molecular weight is 422 g/mol. The number of carbonyl (C=O) groups is 1. The number of fused-ring (bicyclic) bond motifs is 1. The van der Waals surface area contributed by atoms with Gasteiger partial charge in [0.05, 0.1) is 15.6 Å². The molecule has 0 fully saturated rings. The van der Waals surface area contributed by atoms with Crippen molar-refractivity contribution in [2.45, 2.75) is 6.10 Å². The molecule has 26 heavy (non-hydrogen) atoms. The molecule has 1 atom stereocenters. The van der Waals surface area contributed by atoms with Crippen molar-refractivity contribution in [1.82, 2.24) is 5.43 Å². The first-order valence-corrected chi connectivity index (χ1v) is 8.13. The molecule has 3 rings (SSSR count). The Morgan fingerprint density at radius 3 is 2.85 bits per heavy atom. The van der Waals surface area contributed by atoms with E-state index in [9.17, 15) is 20.0 Å².